The van der Waals surface area contributed by atoms with Crippen LogP contribution in [0, 0.1) is 35.0 Å². The van der Waals surface area contributed by atoms with Gasteiger partial charge in [0.2, 0.25) is 5.91 Å². The molecule has 0 heterocycles. The van der Waals surface area contributed by atoms with Crippen LogP contribution in [0.3, 0.4) is 0 Å². The normalized spacial score (nSPS) is 35.8. The molecule has 0 radical (unpaired) electrons. The van der Waals surface area contributed by atoms with Gasteiger partial charge in [-0.25, -0.2) is 0 Å². The van der Waals surface area contributed by atoms with Crippen LogP contribution in [0.25, 0.3) is 0 Å². The molecule has 1 aromatic carbocycles. The molecule has 1 aromatic rings. The minimum Gasteiger partial charge on any atom is -0.366 e. The summed E-state index contributed by atoms with van der Waals surface area (Å²) in [4.78, 5) is 11.8. The second-order valence-electron chi connectivity index (χ2n) is 8.77. The van der Waals surface area contributed by atoms with Crippen LogP contribution in [-0.2, 0) is 6.42 Å². The Balaban J connectivity index is 1.76. The lowest BCUT2D eigenvalue weighted by molar-refractivity contribution is 0.0336. The number of hydrogen-bond donors (Lipinski definition) is 1. The van der Waals surface area contributed by atoms with E-state index in [1.165, 1.54) is 43.2 Å². The Morgan fingerprint density at radius 1 is 1.24 bits per heavy atom. The van der Waals surface area contributed by atoms with Crippen molar-refractivity contribution in [2.45, 2.75) is 65.2 Å². The fourth-order valence-electron chi connectivity index (χ4n) is 6.33. The molecule has 5 atom stereocenters. The first-order valence-corrected chi connectivity index (χ1v) is 9.85. The van der Waals surface area contributed by atoms with Gasteiger partial charge in [-0.1, -0.05) is 19.8 Å². The zero-order chi connectivity index (χ0) is 17.8. The summed E-state index contributed by atoms with van der Waals surface area (Å²) >= 11 is 0. The average Bonchev–Trinajstić information content (AvgIpc) is 2.89. The highest BCUT2D eigenvalue weighted by Crippen LogP contribution is 2.62. The van der Waals surface area contributed by atoms with Gasteiger partial charge in [0.05, 0.1) is 5.56 Å². The molecule has 3 aliphatic rings. The molecule has 1 amide bonds. The van der Waals surface area contributed by atoms with E-state index >= 15 is 0 Å². The van der Waals surface area contributed by atoms with Gasteiger partial charge in [-0.15, -0.1) is 5.92 Å². The minimum atomic E-state index is -0.358. The first-order valence-electron chi connectivity index (χ1n) is 9.85. The summed E-state index contributed by atoms with van der Waals surface area (Å²) in [5.74, 6) is 8.88. The summed E-state index contributed by atoms with van der Waals surface area (Å²) in [5, 5.41) is 0. The lowest BCUT2D eigenvalue weighted by Gasteiger charge is -2.50. The third-order valence-corrected chi connectivity index (χ3v) is 7.86. The number of primary amides is 1. The summed E-state index contributed by atoms with van der Waals surface area (Å²) in [7, 11) is 0. The third-order valence-electron chi connectivity index (χ3n) is 7.86. The van der Waals surface area contributed by atoms with Crippen LogP contribution in [0.2, 0.25) is 0 Å². The van der Waals surface area contributed by atoms with E-state index < -0.39 is 0 Å². The van der Waals surface area contributed by atoms with Crippen molar-refractivity contribution in [1.29, 1.82) is 0 Å². The second kappa shape index (κ2) is 5.90. The van der Waals surface area contributed by atoms with Crippen molar-refractivity contribution in [3.8, 4) is 11.8 Å². The van der Waals surface area contributed by atoms with Crippen molar-refractivity contribution in [2.75, 3.05) is 0 Å². The van der Waals surface area contributed by atoms with E-state index in [9.17, 15) is 4.79 Å². The number of hydrogen-bond acceptors (Lipinski definition) is 1. The van der Waals surface area contributed by atoms with Crippen LogP contribution in [0.5, 0.6) is 0 Å². The molecule has 132 valence electrons. The zero-order valence-electron chi connectivity index (χ0n) is 15.7. The van der Waals surface area contributed by atoms with E-state index in [1.807, 2.05) is 13.0 Å². The molecule has 2 fully saturated rings. The molecule has 0 saturated heterocycles. The fraction of sp³-hybridized carbons (Fsp3) is 0.609. The van der Waals surface area contributed by atoms with Crippen LogP contribution in [0.15, 0.2) is 12.1 Å². The van der Waals surface area contributed by atoms with E-state index in [2.05, 4.69) is 31.8 Å². The topological polar surface area (TPSA) is 43.1 Å². The van der Waals surface area contributed by atoms with Gasteiger partial charge >= 0.3 is 0 Å². The molecule has 0 spiro atoms. The van der Waals surface area contributed by atoms with Gasteiger partial charge in [-0.2, -0.15) is 0 Å². The van der Waals surface area contributed by atoms with Gasteiger partial charge < -0.3 is 5.73 Å². The molecule has 2 heteroatoms. The minimum absolute atomic E-state index is 0.358. The quantitative estimate of drug-likeness (QED) is 0.746. The second-order valence-corrected chi connectivity index (χ2v) is 8.77. The summed E-state index contributed by atoms with van der Waals surface area (Å²) < 4.78 is 0. The molecule has 4 rings (SSSR count). The lowest BCUT2D eigenvalue weighted by Crippen LogP contribution is -2.41. The van der Waals surface area contributed by atoms with E-state index in [1.54, 1.807) is 0 Å². The molecule has 25 heavy (non-hydrogen) atoms. The van der Waals surface area contributed by atoms with Gasteiger partial charge in [-0.3, -0.25) is 4.79 Å². The SMILES string of the molecule is CC#Cc1cc2c(cc1C(N)=O)CCC1C2CC[C@]2(C)C(C)CCC12. The van der Waals surface area contributed by atoms with Crippen LogP contribution in [0.1, 0.15) is 85.8 Å². The monoisotopic (exact) mass is 335 g/mol. The van der Waals surface area contributed by atoms with Crippen molar-refractivity contribution in [1.82, 2.24) is 0 Å². The Hall–Kier alpha value is -1.75. The predicted molar refractivity (Wildman–Crippen MR) is 101 cm³/mol. The van der Waals surface area contributed by atoms with Crippen LogP contribution >= 0.6 is 0 Å². The maximum Gasteiger partial charge on any atom is 0.249 e. The Morgan fingerprint density at radius 3 is 2.76 bits per heavy atom. The highest BCUT2D eigenvalue weighted by atomic mass is 16.1. The third kappa shape index (κ3) is 2.43. The first kappa shape index (κ1) is 16.7. The number of rotatable bonds is 1. The molecular formula is C23H29NO. The molecule has 4 unspecified atom stereocenters. The average molecular weight is 335 g/mol. The van der Waals surface area contributed by atoms with Crippen molar-refractivity contribution in [3.05, 3.63) is 34.4 Å². The number of aryl methyl sites for hydroxylation is 1. The van der Waals surface area contributed by atoms with Gasteiger partial charge in [0, 0.05) is 5.56 Å². The maximum atomic E-state index is 11.8. The van der Waals surface area contributed by atoms with Crippen molar-refractivity contribution < 1.29 is 4.79 Å². The molecule has 3 aliphatic carbocycles. The maximum absolute atomic E-state index is 11.8. The Kier molecular flexibility index (Phi) is 3.95. The predicted octanol–water partition coefficient (Wildman–Crippen LogP) is 4.65. The largest absolute Gasteiger partial charge is 0.366 e. The van der Waals surface area contributed by atoms with Gasteiger partial charge in [-0.05, 0) is 97.8 Å². The molecule has 0 bridgehead atoms. The van der Waals surface area contributed by atoms with E-state index in [0.717, 1.165) is 29.7 Å². The van der Waals surface area contributed by atoms with E-state index in [4.69, 9.17) is 5.73 Å². The smallest absolute Gasteiger partial charge is 0.249 e. The molecule has 2 nitrogen and oxygen atoms in total. The highest BCUT2D eigenvalue weighted by molar-refractivity contribution is 5.96. The van der Waals surface area contributed by atoms with Crippen LogP contribution in [0.4, 0.5) is 0 Å². The summed E-state index contributed by atoms with van der Waals surface area (Å²) in [6.45, 7) is 6.83. The van der Waals surface area contributed by atoms with E-state index in [0.29, 0.717) is 16.9 Å². The number of carbonyl (C=O) groups is 1. The van der Waals surface area contributed by atoms with Gasteiger partial charge in [0.15, 0.2) is 0 Å². The fourth-order valence-corrected chi connectivity index (χ4v) is 6.33. The summed E-state index contributed by atoms with van der Waals surface area (Å²) in [6, 6.07) is 4.24. The Morgan fingerprint density at radius 2 is 2.04 bits per heavy atom. The summed E-state index contributed by atoms with van der Waals surface area (Å²) in [5.41, 5.74) is 10.4. The van der Waals surface area contributed by atoms with Crippen LogP contribution < -0.4 is 5.73 Å². The molecule has 2 N–H and O–H groups in total. The molecular weight excluding hydrogens is 306 g/mol. The van der Waals surface area contributed by atoms with Crippen LogP contribution in [-0.4, -0.2) is 5.91 Å². The van der Waals surface area contributed by atoms with Gasteiger partial charge in [0.1, 0.15) is 0 Å². The lowest BCUT2D eigenvalue weighted by atomic mass is 9.54. The standard InChI is InChI=1S/C23H29NO/c1-4-5-15-12-19-16(13-20(15)22(24)25)7-8-18-17(19)10-11-23(3)14(2)6-9-21(18)23/h12-14,17-18,21H,6-11H2,1-3H3,(H2,24,25)/t14?,17?,18?,21?,23-/m1/s1. The Bertz CT molecular complexity index is 783. The number of fused-ring (bicyclic) bond motifs is 5. The summed E-state index contributed by atoms with van der Waals surface area (Å²) in [6.07, 6.45) is 7.76. The Labute approximate surface area is 151 Å². The van der Waals surface area contributed by atoms with Crippen molar-refractivity contribution in [3.63, 3.8) is 0 Å². The molecule has 0 aliphatic heterocycles. The zero-order valence-corrected chi connectivity index (χ0v) is 15.7. The number of carbonyl (C=O) groups excluding carboxylic acids is 1. The van der Waals surface area contributed by atoms with E-state index in [-0.39, 0.29) is 5.91 Å². The number of nitrogens with two attached hydrogens (primary N) is 1. The number of benzene rings is 1. The highest BCUT2D eigenvalue weighted by Gasteiger charge is 2.53. The molecule has 2 saturated carbocycles. The first-order chi connectivity index (χ1) is 12.0. The number of amides is 1. The molecule has 0 aromatic heterocycles. The van der Waals surface area contributed by atoms with Gasteiger partial charge in [0.25, 0.3) is 0 Å². The van der Waals surface area contributed by atoms with Crippen molar-refractivity contribution >= 4 is 5.91 Å². The van der Waals surface area contributed by atoms with Crippen molar-refractivity contribution in [2.24, 2.45) is 28.9 Å².